The summed E-state index contributed by atoms with van der Waals surface area (Å²) in [5.74, 6) is 0.514. The maximum atomic E-state index is 16.5. The number of carbonyl (C=O) groups is 1. The zero-order valence-electron chi connectivity index (χ0n) is 20.3. The number of fused-ring (bicyclic) bond motifs is 2. The highest BCUT2D eigenvalue weighted by atomic mass is 35.5. The molecule has 2 aromatic carbocycles. The Morgan fingerprint density at radius 2 is 1.97 bits per heavy atom. The zero-order chi connectivity index (χ0) is 25.7. The van der Waals surface area contributed by atoms with Crippen molar-refractivity contribution in [2.45, 2.75) is 13.3 Å². The van der Waals surface area contributed by atoms with Gasteiger partial charge < -0.3 is 9.80 Å². The average molecular weight is 515 g/mol. The summed E-state index contributed by atoms with van der Waals surface area (Å²) < 4.78 is 16.5. The van der Waals surface area contributed by atoms with Crippen molar-refractivity contribution in [3.8, 4) is 11.1 Å². The fourth-order valence-corrected chi connectivity index (χ4v) is 5.42. The van der Waals surface area contributed by atoms with Crippen LogP contribution in [0.3, 0.4) is 0 Å². The molecule has 1 N–H and O–H groups in total. The monoisotopic (exact) mass is 514 g/mol. The number of allylic oxidation sites excluding steroid dienone is 4. The maximum absolute atomic E-state index is 16.5. The number of amides is 1. The van der Waals surface area contributed by atoms with Gasteiger partial charge in [-0.15, -0.1) is 0 Å². The van der Waals surface area contributed by atoms with Gasteiger partial charge in [0.2, 0.25) is 5.91 Å². The third-order valence-electron chi connectivity index (χ3n) is 7.07. The Morgan fingerprint density at radius 3 is 2.70 bits per heavy atom. The Kier molecular flexibility index (Phi) is 5.76. The predicted molar refractivity (Wildman–Crippen MR) is 145 cm³/mol. The van der Waals surface area contributed by atoms with E-state index in [1.807, 2.05) is 37.3 Å². The van der Waals surface area contributed by atoms with Gasteiger partial charge in [0.1, 0.15) is 11.3 Å². The van der Waals surface area contributed by atoms with Crippen molar-refractivity contribution >= 4 is 50.7 Å². The number of aromatic amines is 1. The number of nitrogens with one attached hydrogen (secondary N) is 1. The number of nitrogens with zero attached hydrogens (tertiary/aromatic N) is 5. The van der Waals surface area contributed by atoms with Crippen LogP contribution in [-0.2, 0) is 4.79 Å². The van der Waals surface area contributed by atoms with Gasteiger partial charge in [0, 0.05) is 53.7 Å². The summed E-state index contributed by atoms with van der Waals surface area (Å²) in [6.07, 6.45) is 9.63. The van der Waals surface area contributed by atoms with Crippen molar-refractivity contribution in [2.75, 3.05) is 31.1 Å². The van der Waals surface area contributed by atoms with Crippen molar-refractivity contribution in [2.24, 2.45) is 0 Å². The minimum Gasteiger partial charge on any atom is -0.352 e. The number of carbonyl (C=O) groups excluding carboxylic acids is 1. The lowest BCUT2D eigenvalue weighted by atomic mass is 9.95. The standard InChI is InChI=1S/C28H24ClFN6O/c1-3-22(37)35-10-12-36(13-11-35)28-18-14-20(29)24(23-16(2)8-9-21-19(23)15-31-34-21)25(30)26(18)32-27(33-28)17-6-4-5-7-17/h3-6,8-9,14-15H,1,7,10-13H2,2H3,(H,31,34). The van der Waals surface area contributed by atoms with Gasteiger partial charge in [0.25, 0.3) is 0 Å². The van der Waals surface area contributed by atoms with Crippen LogP contribution >= 0.6 is 11.6 Å². The largest absolute Gasteiger partial charge is 0.352 e. The molecule has 0 unspecified atom stereocenters. The summed E-state index contributed by atoms with van der Waals surface area (Å²) in [7, 11) is 0. The molecular formula is C28H24ClFN6O. The summed E-state index contributed by atoms with van der Waals surface area (Å²) in [5.41, 5.74) is 3.82. The summed E-state index contributed by atoms with van der Waals surface area (Å²) in [4.78, 5) is 25.5. The number of halogens is 2. The summed E-state index contributed by atoms with van der Waals surface area (Å²) >= 11 is 6.81. The number of hydrogen-bond donors (Lipinski definition) is 1. The van der Waals surface area contributed by atoms with E-state index in [9.17, 15) is 4.79 Å². The minimum atomic E-state index is -0.490. The van der Waals surface area contributed by atoms with Crippen LogP contribution in [0.1, 0.15) is 17.8 Å². The quantitative estimate of drug-likeness (QED) is 0.366. The predicted octanol–water partition coefficient (Wildman–Crippen LogP) is 5.45. The molecule has 7 nitrogen and oxygen atoms in total. The van der Waals surface area contributed by atoms with Crippen LogP contribution in [0, 0.1) is 12.7 Å². The van der Waals surface area contributed by atoms with Crippen LogP contribution < -0.4 is 4.90 Å². The second-order valence-corrected chi connectivity index (χ2v) is 9.65. The number of rotatable bonds is 4. The second kappa shape index (κ2) is 9.12. The molecule has 0 saturated carbocycles. The van der Waals surface area contributed by atoms with Crippen LogP contribution in [0.2, 0.25) is 5.02 Å². The average Bonchev–Trinajstić information content (AvgIpc) is 3.62. The van der Waals surface area contributed by atoms with Crippen molar-refractivity contribution < 1.29 is 9.18 Å². The smallest absolute Gasteiger partial charge is 0.246 e. The number of anilines is 1. The lowest BCUT2D eigenvalue weighted by Crippen LogP contribution is -2.48. The van der Waals surface area contributed by atoms with E-state index in [0.29, 0.717) is 60.8 Å². The number of hydrogen-bond acceptors (Lipinski definition) is 5. The fraction of sp³-hybridized carbons (Fsp3) is 0.214. The molecular weight excluding hydrogens is 491 g/mol. The van der Waals surface area contributed by atoms with Crippen LogP contribution in [0.25, 0.3) is 38.5 Å². The first-order valence-corrected chi connectivity index (χ1v) is 12.5. The topological polar surface area (TPSA) is 78.0 Å². The molecule has 1 saturated heterocycles. The van der Waals surface area contributed by atoms with Crippen molar-refractivity contribution in [3.63, 3.8) is 0 Å². The molecule has 1 aliphatic carbocycles. The Labute approximate surface area is 218 Å². The second-order valence-electron chi connectivity index (χ2n) is 9.24. The van der Waals surface area contributed by atoms with E-state index in [-0.39, 0.29) is 16.4 Å². The minimum absolute atomic E-state index is 0.0995. The van der Waals surface area contributed by atoms with E-state index >= 15 is 4.39 Å². The molecule has 9 heteroatoms. The molecule has 0 atom stereocenters. The molecule has 186 valence electrons. The van der Waals surface area contributed by atoms with Gasteiger partial charge in [-0.2, -0.15) is 5.10 Å². The molecule has 1 fully saturated rings. The molecule has 1 amide bonds. The molecule has 0 radical (unpaired) electrons. The highest BCUT2D eigenvalue weighted by molar-refractivity contribution is 6.35. The summed E-state index contributed by atoms with van der Waals surface area (Å²) in [6, 6.07) is 5.60. The van der Waals surface area contributed by atoms with Gasteiger partial charge in [0.15, 0.2) is 11.6 Å². The van der Waals surface area contributed by atoms with E-state index < -0.39 is 5.82 Å². The third kappa shape index (κ3) is 3.88. The Bertz CT molecular complexity index is 1650. The number of aryl methyl sites for hydroxylation is 1. The van der Waals surface area contributed by atoms with E-state index in [1.54, 1.807) is 17.2 Å². The first-order valence-electron chi connectivity index (χ1n) is 12.1. The van der Waals surface area contributed by atoms with E-state index in [2.05, 4.69) is 21.7 Å². The molecule has 3 heterocycles. The summed E-state index contributed by atoms with van der Waals surface area (Å²) in [6.45, 7) is 7.66. The van der Waals surface area contributed by atoms with E-state index in [0.717, 1.165) is 22.0 Å². The first-order chi connectivity index (χ1) is 18.0. The molecule has 0 bridgehead atoms. The number of aromatic nitrogens is 4. The highest BCUT2D eigenvalue weighted by Crippen LogP contribution is 2.42. The van der Waals surface area contributed by atoms with Crippen molar-refractivity contribution in [3.05, 3.63) is 77.5 Å². The number of H-pyrrole nitrogens is 1. The molecule has 2 aromatic heterocycles. The van der Waals surface area contributed by atoms with E-state index in [1.165, 1.54) is 6.08 Å². The van der Waals surface area contributed by atoms with Gasteiger partial charge in [-0.25, -0.2) is 14.4 Å². The lowest BCUT2D eigenvalue weighted by molar-refractivity contribution is -0.126. The normalized spacial score (nSPS) is 15.6. The Morgan fingerprint density at radius 1 is 1.16 bits per heavy atom. The number of benzene rings is 2. The Hall–Kier alpha value is -4.04. The Balaban J connectivity index is 1.55. The van der Waals surface area contributed by atoms with Crippen LogP contribution in [-0.4, -0.2) is 57.2 Å². The highest BCUT2D eigenvalue weighted by Gasteiger charge is 2.27. The number of piperazine rings is 1. The van der Waals surface area contributed by atoms with Gasteiger partial charge >= 0.3 is 0 Å². The molecule has 2 aliphatic rings. The molecule has 37 heavy (non-hydrogen) atoms. The van der Waals surface area contributed by atoms with Gasteiger partial charge in [-0.3, -0.25) is 9.89 Å². The lowest BCUT2D eigenvalue weighted by Gasteiger charge is -2.35. The van der Waals surface area contributed by atoms with Gasteiger partial charge in [-0.1, -0.05) is 42.5 Å². The zero-order valence-corrected chi connectivity index (χ0v) is 21.0. The molecule has 4 aromatic rings. The van der Waals surface area contributed by atoms with Gasteiger partial charge in [-0.05, 0) is 37.1 Å². The maximum Gasteiger partial charge on any atom is 0.246 e. The molecule has 1 aliphatic heterocycles. The molecule has 0 spiro atoms. The van der Waals surface area contributed by atoms with Crippen LogP contribution in [0.4, 0.5) is 10.2 Å². The van der Waals surface area contributed by atoms with Crippen molar-refractivity contribution in [1.29, 1.82) is 0 Å². The van der Waals surface area contributed by atoms with Crippen LogP contribution in [0.5, 0.6) is 0 Å². The SMILES string of the molecule is C=CC(=O)N1CCN(c2nc(C3=CC=CC3)nc3c(F)c(-c4c(C)ccc5[nH]ncc45)c(Cl)cc23)CC1. The third-order valence-corrected chi connectivity index (χ3v) is 7.37. The fourth-order valence-electron chi connectivity index (χ4n) is 5.13. The van der Waals surface area contributed by atoms with Crippen molar-refractivity contribution in [1.82, 2.24) is 25.1 Å². The summed E-state index contributed by atoms with van der Waals surface area (Å²) in [5, 5.41) is 8.71. The van der Waals surface area contributed by atoms with Crippen LogP contribution in [0.15, 0.2) is 55.3 Å². The molecule has 6 rings (SSSR count). The first kappa shape index (κ1) is 23.4. The van der Waals surface area contributed by atoms with Gasteiger partial charge in [0.05, 0.1) is 16.7 Å². The van der Waals surface area contributed by atoms with E-state index in [4.69, 9.17) is 21.6 Å².